The third-order valence-electron chi connectivity index (χ3n) is 3.77. The first-order chi connectivity index (χ1) is 9.86. The SMILES string of the molecule is CCNC(Cc1cccnc1)C1Cc2ccccc2S1. The first-order valence-corrected chi connectivity index (χ1v) is 8.11. The lowest BCUT2D eigenvalue weighted by Crippen LogP contribution is -2.39. The number of benzene rings is 1. The van der Waals surface area contributed by atoms with Crippen molar-refractivity contribution in [1.29, 1.82) is 0 Å². The van der Waals surface area contributed by atoms with Gasteiger partial charge in [-0.1, -0.05) is 31.2 Å². The molecule has 1 aliphatic heterocycles. The molecule has 1 aromatic heterocycles. The summed E-state index contributed by atoms with van der Waals surface area (Å²) in [6.45, 7) is 3.20. The molecular weight excluding hydrogens is 264 g/mol. The average Bonchev–Trinajstić information content (AvgIpc) is 2.92. The summed E-state index contributed by atoms with van der Waals surface area (Å²) in [5.41, 5.74) is 2.81. The Kier molecular flexibility index (Phi) is 4.38. The van der Waals surface area contributed by atoms with Gasteiger partial charge in [0, 0.05) is 28.6 Å². The maximum atomic E-state index is 4.23. The van der Waals surface area contributed by atoms with Crippen LogP contribution >= 0.6 is 11.8 Å². The van der Waals surface area contributed by atoms with Crippen LogP contribution in [0.3, 0.4) is 0 Å². The summed E-state index contributed by atoms with van der Waals surface area (Å²) < 4.78 is 0. The molecule has 2 aromatic rings. The second kappa shape index (κ2) is 6.42. The summed E-state index contributed by atoms with van der Waals surface area (Å²) in [4.78, 5) is 5.68. The average molecular weight is 284 g/mol. The van der Waals surface area contributed by atoms with Crippen molar-refractivity contribution < 1.29 is 0 Å². The van der Waals surface area contributed by atoms with E-state index in [9.17, 15) is 0 Å². The first-order valence-electron chi connectivity index (χ1n) is 7.23. The van der Waals surface area contributed by atoms with E-state index in [0.717, 1.165) is 13.0 Å². The highest BCUT2D eigenvalue weighted by molar-refractivity contribution is 8.00. The van der Waals surface area contributed by atoms with Crippen LogP contribution in [-0.2, 0) is 12.8 Å². The van der Waals surface area contributed by atoms with Crippen molar-refractivity contribution in [3.63, 3.8) is 0 Å². The summed E-state index contributed by atoms with van der Waals surface area (Å²) in [5, 5.41) is 4.28. The van der Waals surface area contributed by atoms with Crippen LogP contribution in [0.15, 0.2) is 53.7 Å². The van der Waals surface area contributed by atoms with Crippen LogP contribution in [0.4, 0.5) is 0 Å². The molecule has 1 aromatic carbocycles. The fourth-order valence-electron chi connectivity index (χ4n) is 2.80. The highest BCUT2D eigenvalue weighted by Gasteiger charge is 2.28. The second-order valence-corrected chi connectivity index (χ2v) is 6.48. The zero-order chi connectivity index (χ0) is 13.8. The number of hydrogen-bond acceptors (Lipinski definition) is 3. The first kappa shape index (κ1) is 13.7. The van der Waals surface area contributed by atoms with E-state index in [2.05, 4.69) is 47.6 Å². The zero-order valence-electron chi connectivity index (χ0n) is 11.8. The van der Waals surface area contributed by atoms with Crippen LogP contribution < -0.4 is 5.32 Å². The Bertz CT molecular complexity index is 531. The van der Waals surface area contributed by atoms with Gasteiger partial charge in [-0.15, -0.1) is 11.8 Å². The van der Waals surface area contributed by atoms with Crippen molar-refractivity contribution in [3.05, 3.63) is 59.9 Å². The molecule has 2 heterocycles. The molecule has 20 heavy (non-hydrogen) atoms. The smallest absolute Gasteiger partial charge is 0.0300 e. The normalized spacial score (nSPS) is 18.8. The fourth-order valence-corrected chi connectivity index (χ4v) is 4.21. The molecule has 0 saturated heterocycles. The topological polar surface area (TPSA) is 24.9 Å². The largest absolute Gasteiger partial charge is 0.313 e. The van der Waals surface area contributed by atoms with Gasteiger partial charge in [-0.3, -0.25) is 4.98 Å². The molecule has 2 unspecified atom stereocenters. The third kappa shape index (κ3) is 3.05. The van der Waals surface area contributed by atoms with Gasteiger partial charge in [-0.2, -0.15) is 0 Å². The lowest BCUT2D eigenvalue weighted by molar-refractivity contribution is 0.505. The molecule has 0 aliphatic carbocycles. The van der Waals surface area contributed by atoms with Crippen LogP contribution in [0, 0.1) is 0 Å². The molecule has 3 heteroatoms. The van der Waals surface area contributed by atoms with Crippen LogP contribution in [0.2, 0.25) is 0 Å². The maximum absolute atomic E-state index is 4.23. The summed E-state index contributed by atoms with van der Waals surface area (Å²) in [5.74, 6) is 0. The Morgan fingerprint density at radius 1 is 1.30 bits per heavy atom. The number of fused-ring (bicyclic) bond motifs is 1. The van der Waals surface area contributed by atoms with E-state index >= 15 is 0 Å². The van der Waals surface area contributed by atoms with Crippen LogP contribution in [0.25, 0.3) is 0 Å². The Hall–Kier alpha value is -1.32. The molecule has 0 radical (unpaired) electrons. The molecule has 1 aliphatic rings. The van der Waals surface area contributed by atoms with Crippen molar-refractivity contribution in [2.24, 2.45) is 0 Å². The van der Waals surface area contributed by atoms with Gasteiger partial charge >= 0.3 is 0 Å². The molecule has 0 amide bonds. The van der Waals surface area contributed by atoms with Gasteiger partial charge in [0.2, 0.25) is 0 Å². The Balaban J connectivity index is 1.72. The van der Waals surface area contributed by atoms with Gasteiger partial charge in [-0.05, 0) is 42.6 Å². The van der Waals surface area contributed by atoms with Gasteiger partial charge in [0.1, 0.15) is 0 Å². The Morgan fingerprint density at radius 2 is 2.20 bits per heavy atom. The van der Waals surface area contributed by atoms with E-state index < -0.39 is 0 Å². The highest BCUT2D eigenvalue weighted by Crippen LogP contribution is 2.38. The molecule has 0 saturated carbocycles. The summed E-state index contributed by atoms with van der Waals surface area (Å²) >= 11 is 2.02. The van der Waals surface area contributed by atoms with E-state index in [4.69, 9.17) is 0 Å². The van der Waals surface area contributed by atoms with E-state index in [1.54, 1.807) is 0 Å². The summed E-state index contributed by atoms with van der Waals surface area (Å²) in [6, 6.07) is 13.5. The highest BCUT2D eigenvalue weighted by atomic mass is 32.2. The van der Waals surface area contributed by atoms with E-state index in [-0.39, 0.29) is 0 Å². The van der Waals surface area contributed by atoms with Crippen molar-refractivity contribution >= 4 is 11.8 Å². The Morgan fingerprint density at radius 3 is 2.95 bits per heavy atom. The lowest BCUT2D eigenvalue weighted by Gasteiger charge is -2.23. The monoisotopic (exact) mass is 284 g/mol. The van der Waals surface area contributed by atoms with Gasteiger partial charge in [-0.25, -0.2) is 0 Å². The number of thioether (sulfide) groups is 1. The maximum Gasteiger partial charge on any atom is 0.0300 e. The lowest BCUT2D eigenvalue weighted by atomic mass is 9.99. The van der Waals surface area contributed by atoms with Crippen molar-refractivity contribution in [2.45, 2.75) is 36.0 Å². The van der Waals surface area contributed by atoms with Crippen molar-refractivity contribution in [3.8, 4) is 0 Å². The number of aromatic nitrogens is 1. The predicted octanol–water partition coefficient (Wildman–Crippen LogP) is 3.32. The van der Waals surface area contributed by atoms with Crippen LogP contribution in [0.5, 0.6) is 0 Å². The number of nitrogens with one attached hydrogen (secondary N) is 1. The summed E-state index contributed by atoms with van der Waals surface area (Å²) in [6.07, 6.45) is 6.04. The van der Waals surface area contributed by atoms with Gasteiger partial charge < -0.3 is 5.32 Å². The van der Waals surface area contributed by atoms with Crippen molar-refractivity contribution in [2.75, 3.05) is 6.54 Å². The van der Waals surface area contributed by atoms with E-state index in [1.807, 2.05) is 30.2 Å². The molecule has 2 atom stereocenters. The minimum Gasteiger partial charge on any atom is -0.313 e. The van der Waals surface area contributed by atoms with Crippen molar-refractivity contribution in [1.82, 2.24) is 10.3 Å². The minimum atomic E-state index is 0.501. The number of hydrogen-bond donors (Lipinski definition) is 1. The number of nitrogens with zero attached hydrogens (tertiary/aromatic N) is 1. The minimum absolute atomic E-state index is 0.501. The molecule has 0 bridgehead atoms. The predicted molar refractivity (Wildman–Crippen MR) is 85.2 cm³/mol. The number of pyridine rings is 1. The van der Waals surface area contributed by atoms with Crippen LogP contribution in [-0.4, -0.2) is 22.8 Å². The summed E-state index contributed by atoms with van der Waals surface area (Å²) in [7, 11) is 0. The molecule has 0 spiro atoms. The molecular formula is C17H20N2S. The fraction of sp³-hybridized carbons (Fsp3) is 0.353. The quantitative estimate of drug-likeness (QED) is 0.911. The number of rotatable bonds is 5. The standard InChI is InChI=1S/C17H20N2S/c1-2-19-15(10-13-6-5-9-18-12-13)17-11-14-7-3-4-8-16(14)20-17/h3-9,12,15,17,19H,2,10-11H2,1H3. The van der Waals surface area contributed by atoms with E-state index in [0.29, 0.717) is 11.3 Å². The van der Waals surface area contributed by atoms with Crippen LogP contribution in [0.1, 0.15) is 18.1 Å². The molecule has 104 valence electrons. The molecule has 3 rings (SSSR count). The molecule has 2 nitrogen and oxygen atoms in total. The molecule has 1 N–H and O–H groups in total. The van der Waals surface area contributed by atoms with Gasteiger partial charge in [0.25, 0.3) is 0 Å². The van der Waals surface area contributed by atoms with E-state index in [1.165, 1.54) is 22.4 Å². The molecule has 0 fully saturated rings. The number of likely N-dealkylation sites (N-methyl/N-ethyl adjacent to an activating group) is 1. The third-order valence-corrected chi connectivity index (χ3v) is 5.22. The Labute approximate surface area is 125 Å². The van der Waals surface area contributed by atoms with Gasteiger partial charge in [0.05, 0.1) is 0 Å². The zero-order valence-corrected chi connectivity index (χ0v) is 12.6. The second-order valence-electron chi connectivity index (χ2n) is 5.20. The van der Waals surface area contributed by atoms with Gasteiger partial charge in [0.15, 0.2) is 0 Å².